The summed E-state index contributed by atoms with van der Waals surface area (Å²) in [6.45, 7) is 3.38. The molecule has 7 nitrogen and oxygen atoms in total. The minimum absolute atomic E-state index is 0.182. The highest BCUT2D eigenvalue weighted by atomic mass is 16.5. The number of hydrogen-bond acceptors (Lipinski definition) is 5. The summed E-state index contributed by atoms with van der Waals surface area (Å²) in [6.07, 6.45) is 0.435. The van der Waals surface area contributed by atoms with Crippen molar-refractivity contribution in [2.24, 2.45) is 0 Å². The molecule has 148 valence electrons. The summed E-state index contributed by atoms with van der Waals surface area (Å²) in [5.41, 5.74) is 2.33. The van der Waals surface area contributed by atoms with Gasteiger partial charge in [0.25, 0.3) is 11.8 Å². The topological polar surface area (TPSA) is 97.6 Å². The Kier molecular flexibility index (Phi) is 6.09. The lowest BCUT2D eigenvalue weighted by molar-refractivity contribution is -0.123. The minimum atomic E-state index is -0.972. The van der Waals surface area contributed by atoms with Gasteiger partial charge in [-0.3, -0.25) is 9.59 Å². The number of nitrogens with one attached hydrogen (secondary N) is 2. The van der Waals surface area contributed by atoms with Crippen molar-refractivity contribution in [2.75, 3.05) is 10.6 Å². The van der Waals surface area contributed by atoms with Crippen LogP contribution in [0.4, 0.5) is 11.4 Å². The Bertz CT molecular complexity index is 1010. The third kappa shape index (κ3) is 5.10. The molecule has 2 aromatic carbocycles. The highest BCUT2D eigenvalue weighted by Crippen LogP contribution is 2.16. The second-order valence-electron chi connectivity index (χ2n) is 6.36. The maximum atomic E-state index is 12.3. The molecule has 1 aromatic heterocycles. The quantitative estimate of drug-likeness (QED) is 0.618. The minimum Gasteiger partial charge on any atom is -0.459 e. The number of hydrogen-bond donors (Lipinski definition) is 2. The molecule has 1 unspecified atom stereocenters. The lowest BCUT2D eigenvalue weighted by atomic mass is 10.2. The van der Waals surface area contributed by atoms with Crippen LogP contribution in [0.5, 0.6) is 0 Å². The zero-order valence-electron chi connectivity index (χ0n) is 16.0. The van der Waals surface area contributed by atoms with Crippen LogP contribution in [0.1, 0.15) is 33.4 Å². The number of para-hydroxylation sites is 1. The number of amides is 2. The molecule has 0 saturated heterocycles. The molecule has 0 spiro atoms. The lowest BCUT2D eigenvalue weighted by Gasteiger charge is -2.15. The Hall–Kier alpha value is -3.87. The van der Waals surface area contributed by atoms with Gasteiger partial charge in [-0.15, -0.1) is 0 Å². The first-order valence-electron chi connectivity index (χ1n) is 8.96. The Balaban J connectivity index is 1.56. The van der Waals surface area contributed by atoms with Gasteiger partial charge >= 0.3 is 5.97 Å². The third-order valence-corrected chi connectivity index (χ3v) is 4.18. The number of benzene rings is 2. The van der Waals surface area contributed by atoms with Gasteiger partial charge < -0.3 is 19.8 Å². The van der Waals surface area contributed by atoms with Crippen LogP contribution in [0.15, 0.2) is 71.3 Å². The van der Waals surface area contributed by atoms with Crippen molar-refractivity contribution in [3.8, 4) is 0 Å². The average Bonchev–Trinajstić information content (AvgIpc) is 3.25. The van der Waals surface area contributed by atoms with E-state index in [1.807, 2.05) is 25.1 Å². The molecule has 29 heavy (non-hydrogen) atoms. The van der Waals surface area contributed by atoms with E-state index in [1.165, 1.54) is 25.3 Å². The highest BCUT2D eigenvalue weighted by Gasteiger charge is 2.19. The summed E-state index contributed by atoms with van der Waals surface area (Å²) < 4.78 is 10.3. The first-order chi connectivity index (χ1) is 13.9. The van der Waals surface area contributed by atoms with Gasteiger partial charge in [0.2, 0.25) is 0 Å². The molecule has 2 amide bonds. The molecule has 2 N–H and O–H groups in total. The molecule has 3 aromatic rings. The zero-order chi connectivity index (χ0) is 20.8. The molecular weight excluding hydrogens is 372 g/mol. The largest absolute Gasteiger partial charge is 0.459 e. The van der Waals surface area contributed by atoms with E-state index in [-0.39, 0.29) is 11.3 Å². The van der Waals surface area contributed by atoms with Gasteiger partial charge in [0.1, 0.15) is 0 Å². The second-order valence-corrected chi connectivity index (χ2v) is 6.36. The molecule has 0 saturated carbocycles. The van der Waals surface area contributed by atoms with E-state index in [0.717, 1.165) is 5.56 Å². The fraction of sp³-hybridized carbons (Fsp3) is 0.136. The molecular formula is C22H20N2O5. The van der Waals surface area contributed by atoms with E-state index in [4.69, 9.17) is 9.15 Å². The first kappa shape index (κ1) is 19.9. The number of ether oxygens (including phenoxy) is 1. The SMILES string of the molecule is Cc1ccccc1NC(=O)C(C)OC(=O)c1ccc(NC(=O)c2ccco2)cc1. The monoisotopic (exact) mass is 392 g/mol. The van der Waals surface area contributed by atoms with Gasteiger partial charge in [0, 0.05) is 11.4 Å². The smallest absolute Gasteiger partial charge is 0.338 e. The number of aryl methyl sites for hydroxylation is 1. The molecule has 3 rings (SSSR count). The predicted molar refractivity (Wildman–Crippen MR) is 108 cm³/mol. The van der Waals surface area contributed by atoms with Crippen molar-refractivity contribution < 1.29 is 23.5 Å². The van der Waals surface area contributed by atoms with Gasteiger partial charge in [0.05, 0.1) is 11.8 Å². The van der Waals surface area contributed by atoms with Crippen molar-refractivity contribution in [1.82, 2.24) is 0 Å². The Morgan fingerprint density at radius 2 is 1.66 bits per heavy atom. The van der Waals surface area contributed by atoms with E-state index in [9.17, 15) is 14.4 Å². The van der Waals surface area contributed by atoms with Crippen LogP contribution in [0.3, 0.4) is 0 Å². The predicted octanol–water partition coefficient (Wildman–Crippen LogP) is 4.02. The van der Waals surface area contributed by atoms with E-state index in [0.29, 0.717) is 11.4 Å². The summed E-state index contributed by atoms with van der Waals surface area (Å²) in [5.74, 6) is -1.27. The maximum absolute atomic E-state index is 12.3. The molecule has 0 radical (unpaired) electrons. The number of anilines is 2. The average molecular weight is 392 g/mol. The van der Waals surface area contributed by atoms with Crippen molar-refractivity contribution in [3.05, 3.63) is 83.8 Å². The van der Waals surface area contributed by atoms with Gasteiger partial charge in [-0.1, -0.05) is 18.2 Å². The van der Waals surface area contributed by atoms with Gasteiger partial charge in [-0.2, -0.15) is 0 Å². The van der Waals surface area contributed by atoms with Gasteiger partial charge in [0.15, 0.2) is 11.9 Å². The fourth-order valence-corrected chi connectivity index (χ4v) is 2.52. The van der Waals surface area contributed by atoms with Crippen LogP contribution >= 0.6 is 0 Å². The summed E-state index contributed by atoms with van der Waals surface area (Å²) in [4.78, 5) is 36.5. The first-order valence-corrected chi connectivity index (χ1v) is 8.96. The Morgan fingerprint density at radius 3 is 2.31 bits per heavy atom. The van der Waals surface area contributed by atoms with Gasteiger partial charge in [-0.05, 0) is 61.9 Å². The third-order valence-electron chi connectivity index (χ3n) is 4.18. The van der Waals surface area contributed by atoms with Crippen molar-refractivity contribution in [2.45, 2.75) is 20.0 Å². The molecule has 0 fully saturated rings. The van der Waals surface area contributed by atoms with E-state index >= 15 is 0 Å². The number of rotatable bonds is 6. The highest BCUT2D eigenvalue weighted by molar-refractivity contribution is 6.02. The number of carbonyl (C=O) groups is 3. The Labute approximate surface area is 167 Å². The molecule has 0 bridgehead atoms. The van der Waals surface area contributed by atoms with E-state index in [2.05, 4.69) is 10.6 Å². The normalized spacial score (nSPS) is 11.4. The van der Waals surface area contributed by atoms with Crippen LogP contribution in [-0.2, 0) is 9.53 Å². The summed E-state index contributed by atoms with van der Waals surface area (Å²) >= 11 is 0. The standard InChI is InChI=1S/C22H20N2O5/c1-14-6-3-4-7-18(14)24-20(25)15(2)29-22(27)16-9-11-17(12-10-16)23-21(26)19-8-5-13-28-19/h3-13,15H,1-2H3,(H,23,26)(H,24,25). The lowest BCUT2D eigenvalue weighted by Crippen LogP contribution is -2.30. The van der Waals surface area contributed by atoms with Crippen LogP contribution in [0, 0.1) is 6.92 Å². The van der Waals surface area contributed by atoms with Crippen LogP contribution < -0.4 is 10.6 Å². The number of carbonyl (C=O) groups excluding carboxylic acids is 3. The summed E-state index contributed by atoms with van der Waals surface area (Å²) in [5, 5.41) is 5.39. The second kappa shape index (κ2) is 8.88. The Morgan fingerprint density at radius 1 is 0.931 bits per heavy atom. The van der Waals surface area contributed by atoms with Crippen molar-refractivity contribution in [3.63, 3.8) is 0 Å². The number of furan rings is 1. The molecule has 1 atom stereocenters. The molecule has 7 heteroatoms. The zero-order valence-corrected chi connectivity index (χ0v) is 16.0. The van der Waals surface area contributed by atoms with Crippen LogP contribution in [0.2, 0.25) is 0 Å². The molecule has 0 aliphatic rings. The fourth-order valence-electron chi connectivity index (χ4n) is 2.52. The molecule has 0 aliphatic heterocycles. The van der Waals surface area contributed by atoms with E-state index in [1.54, 1.807) is 30.3 Å². The van der Waals surface area contributed by atoms with Crippen molar-refractivity contribution in [1.29, 1.82) is 0 Å². The molecule has 1 heterocycles. The summed E-state index contributed by atoms with van der Waals surface area (Å²) in [7, 11) is 0. The summed E-state index contributed by atoms with van der Waals surface area (Å²) in [6, 6.07) is 16.6. The van der Waals surface area contributed by atoms with Gasteiger partial charge in [-0.25, -0.2) is 4.79 Å². The maximum Gasteiger partial charge on any atom is 0.338 e. The van der Waals surface area contributed by atoms with E-state index < -0.39 is 23.9 Å². The van der Waals surface area contributed by atoms with Crippen molar-refractivity contribution >= 4 is 29.2 Å². The van der Waals surface area contributed by atoms with Crippen LogP contribution in [0.25, 0.3) is 0 Å². The molecule has 0 aliphatic carbocycles. The number of esters is 1. The van der Waals surface area contributed by atoms with Crippen LogP contribution in [-0.4, -0.2) is 23.9 Å².